The molecule has 1 aliphatic carbocycles. The van der Waals surface area contributed by atoms with Crippen LogP contribution in [0.2, 0.25) is 5.02 Å². The molecule has 3 aromatic rings. The molecule has 0 radical (unpaired) electrons. The SMILES string of the molecule is O=C1CSC2(CCc3ccccc32)N1n1c(-c2ccc(Cl)cc2)n[nH]c1=S. The van der Waals surface area contributed by atoms with E-state index in [1.165, 1.54) is 11.1 Å². The van der Waals surface area contributed by atoms with Gasteiger partial charge in [-0.05, 0) is 60.5 Å². The molecular weight excluding hydrogens is 400 g/mol. The zero-order chi connectivity index (χ0) is 18.6. The van der Waals surface area contributed by atoms with Gasteiger partial charge in [-0.25, -0.2) is 14.8 Å². The standard InChI is InChI=1S/C19H15ClN4OS2/c20-14-7-5-13(6-8-14)17-21-22-18(26)23(17)24-16(25)11-27-19(24)10-9-12-3-1-2-4-15(12)19/h1-8H,9-11H2,(H,22,26). The number of H-pyrrole nitrogens is 1. The summed E-state index contributed by atoms with van der Waals surface area (Å²) in [5.41, 5.74) is 3.32. The summed E-state index contributed by atoms with van der Waals surface area (Å²) < 4.78 is 2.16. The van der Waals surface area contributed by atoms with Gasteiger partial charge < -0.3 is 0 Å². The van der Waals surface area contributed by atoms with Gasteiger partial charge in [0.2, 0.25) is 4.77 Å². The second kappa shape index (κ2) is 6.22. The van der Waals surface area contributed by atoms with Crippen LogP contribution in [0.1, 0.15) is 17.5 Å². The first-order valence-corrected chi connectivity index (χ1v) is 10.4. The van der Waals surface area contributed by atoms with Gasteiger partial charge in [0.05, 0.1) is 5.75 Å². The lowest BCUT2D eigenvalue weighted by Crippen LogP contribution is -2.49. The van der Waals surface area contributed by atoms with E-state index in [0.717, 1.165) is 18.4 Å². The maximum Gasteiger partial charge on any atom is 0.253 e. The van der Waals surface area contributed by atoms with Crippen LogP contribution in [0.25, 0.3) is 11.4 Å². The maximum absolute atomic E-state index is 13.0. The minimum absolute atomic E-state index is 0.0319. The topological polar surface area (TPSA) is 53.9 Å². The fourth-order valence-electron chi connectivity index (χ4n) is 3.97. The second-order valence-electron chi connectivity index (χ2n) is 6.61. The molecule has 0 bridgehead atoms. The molecule has 1 spiro atoms. The smallest absolute Gasteiger partial charge is 0.253 e. The first-order chi connectivity index (χ1) is 13.1. The zero-order valence-corrected chi connectivity index (χ0v) is 16.6. The number of hydrogen-bond donors (Lipinski definition) is 1. The lowest BCUT2D eigenvalue weighted by Gasteiger charge is -2.35. The van der Waals surface area contributed by atoms with Crippen LogP contribution in [0.4, 0.5) is 0 Å². The molecule has 1 aliphatic heterocycles. The Morgan fingerprint density at radius 3 is 2.78 bits per heavy atom. The summed E-state index contributed by atoms with van der Waals surface area (Å²) in [5.74, 6) is 1.06. The average Bonchev–Trinajstić information content (AvgIpc) is 3.34. The van der Waals surface area contributed by atoms with Crippen molar-refractivity contribution in [3.05, 3.63) is 69.5 Å². The van der Waals surface area contributed by atoms with Crippen molar-refractivity contribution >= 4 is 41.5 Å². The lowest BCUT2D eigenvalue weighted by atomic mass is 10.1. The number of aryl methyl sites for hydroxylation is 1. The van der Waals surface area contributed by atoms with Crippen molar-refractivity contribution in [2.24, 2.45) is 0 Å². The van der Waals surface area contributed by atoms with E-state index in [4.69, 9.17) is 23.8 Å². The molecule has 2 aromatic carbocycles. The molecule has 1 N–H and O–H groups in total. The summed E-state index contributed by atoms with van der Waals surface area (Å²) >= 11 is 13.2. The Morgan fingerprint density at radius 2 is 1.96 bits per heavy atom. The Hall–Kier alpha value is -2.09. The number of halogens is 1. The Kier molecular flexibility index (Phi) is 3.93. The minimum atomic E-state index is -0.447. The van der Waals surface area contributed by atoms with Crippen molar-refractivity contribution in [2.75, 3.05) is 10.8 Å². The quantitative estimate of drug-likeness (QED) is 0.636. The van der Waals surface area contributed by atoms with E-state index in [1.54, 1.807) is 33.6 Å². The van der Waals surface area contributed by atoms with E-state index in [-0.39, 0.29) is 5.91 Å². The van der Waals surface area contributed by atoms with E-state index in [0.29, 0.717) is 21.4 Å². The fraction of sp³-hybridized carbons (Fsp3) is 0.211. The third-order valence-electron chi connectivity index (χ3n) is 5.14. The maximum atomic E-state index is 13.0. The van der Waals surface area contributed by atoms with Crippen LogP contribution in [0.5, 0.6) is 0 Å². The van der Waals surface area contributed by atoms with Crippen LogP contribution in [0.15, 0.2) is 48.5 Å². The highest BCUT2D eigenvalue weighted by Gasteiger charge is 2.53. The molecule has 136 valence electrons. The molecule has 5 nitrogen and oxygen atoms in total. The number of amides is 1. The summed E-state index contributed by atoms with van der Waals surface area (Å²) in [6.07, 6.45) is 1.80. The van der Waals surface area contributed by atoms with Crippen LogP contribution < -0.4 is 5.01 Å². The molecule has 1 saturated heterocycles. The molecule has 1 aromatic heterocycles. The molecule has 1 fully saturated rings. The molecule has 0 saturated carbocycles. The molecule has 1 amide bonds. The van der Waals surface area contributed by atoms with Gasteiger partial charge in [0.25, 0.3) is 5.91 Å². The predicted octanol–water partition coefficient (Wildman–Crippen LogP) is 4.27. The minimum Gasteiger partial charge on any atom is -0.272 e. The summed E-state index contributed by atoms with van der Waals surface area (Å²) in [7, 11) is 0. The first kappa shape index (κ1) is 17.0. The van der Waals surface area contributed by atoms with Gasteiger partial charge in [0.1, 0.15) is 4.87 Å². The Morgan fingerprint density at radius 1 is 1.19 bits per heavy atom. The van der Waals surface area contributed by atoms with Crippen LogP contribution in [-0.4, -0.2) is 26.5 Å². The number of nitrogens with one attached hydrogen (secondary N) is 1. The molecule has 2 aliphatic rings. The van der Waals surface area contributed by atoms with Crippen molar-refractivity contribution < 1.29 is 4.79 Å². The highest BCUT2D eigenvalue weighted by atomic mass is 35.5. The van der Waals surface area contributed by atoms with Crippen LogP contribution >= 0.6 is 35.6 Å². The van der Waals surface area contributed by atoms with E-state index in [1.807, 2.05) is 24.3 Å². The molecule has 1 unspecified atom stereocenters. The highest BCUT2D eigenvalue weighted by Crippen LogP contribution is 2.52. The zero-order valence-electron chi connectivity index (χ0n) is 14.2. The molecule has 27 heavy (non-hydrogen) atoms. The second-order valence-corrected chi connectivity index (χ2v) is 8.68. The number of fused-ring (bicyclic) bond motifs is 2. The van der Waals surface area contributed by atoms with E-state index < -0.39 is 4.87 Å². The highest BCUT2D eigenvalue weighted by molar-refractivity contribution is 8.01. The molecule has 1 atom stereocenters. The predicted molar refractivity (Wildman–Crippen MR) is 110 cm³/mol. The number of carbonyl (C=O) groups excluding carboxylic acids is 1. The van der Waals surface area contributed by atoms with Crippen LogP contribution in [0.3, 0.4) is 0 Å². The number of benzene rings is 2. The number of carbonyl (C=O) groups is 1. The number of aromatic nitrogens is 3. The molecule has 2 heterocycles. The Bertz CT molecular complexity index is 1110. The van der Waals surface area contributed by atoms with Crippen molar-refractivity contribution in [3.63, 3.8) is 0 Å². The van der Waals surface area contributed by atoms with Gasteiger partial charge in [-0.15, -0.1) is 11.8 Å². The average molecular weight is 415 g/mol. The van der Waals surface area contributed by atoms with Crippen molar-refractivity contribution in [1.29, 1.82) is 0 Å². The molecular formula is C19H15ClN4OS2. The van der Waals surface area contributed by atoms with Crippen LogP contribution in [-0.2, 0) is 16.1 Å². The normalized spacial score (nSPS) is 21.2. The number of hydrogen-bond acceptors (Lipinski definition) is 4. The molecule has 8 heteroatoms. The third kappa shape index (κ3) is 2.49. The van der Waals surface area contributed by atoms with Crippen molar-refractivity contribution in [3.8, 4) is 11.4 Å². The third-order valence-corrected chi connectivity index (χ3v) is 7.12. The summed E-state index contributed by atoms with van der Waals surface area (Å²) in [4.78, 5) is 12.6. The van der Waals surface area contributed by atoms with Gasteiger partial charge in [-0.2, -0.15) is 5.10 Å². The Labute approximate surface area is 170 Å². The van der Waals surface area contributed by atoms with Crippen molar-refractivity contribution in [1.82, 2.24) is 14.9 Å². The van der Waals surface area contributed by atoms with Crippen molar-refractivity contribution in [2.45, 2.75) is 17.7 Å². The number of aromatic amines is 1. The van der Waals surface area contributed by atoms with Gasteiger partial charge in [-0.3, -0.25) is 4.79 Å². The lowest BCUT2D eigenvalue weighted by molar-refractivity contribution is -0.117. The van der Waals surface area contributed by atoms with E-state index >= 15 is 0 Å². The number of thioether (sulfide) groups is 1. The summed E-state index contributed by atoms with van der Waals surface area (Å²) in [6.45, 7) is 0. The first-order valence-electron chi connectivity index (χ1n) is 8.59. The van der Waals surface area contributed by atoms with Gasteiger partial charge in [-0.1, -0.05) is 35.9 Å². The van der Waals surface area contributed by atoms with E-state index in [9.17, 15) is 4.79 Å². The molecule has 5 rings (SSSR count). The largest absolute Gasteiger partial charge is 0.272 e. The van der Waals surface area contributed by atoms with Gasteiger partial charge in [0, 0.05) is 10.6 Å². The number of rotatable bonds is 2. The fourth-order valence-corrected chi connectivity index (χ4v) is 5.70. The van der Waals surface area contributed by atoms with Gasteiger partial charge in [0.15, 0.2) is 5.82 Å². The number of nitrogens with zero attached hydrogens (tertiary/aromatic N) is 3. The monoisotopic (exact) mass is 414 g/mol. The van der Waals surface area contributed by atoms with E-state index in [2.05, 4.69) is 22.3 Å². The van der Waals surface area contributed by atoms with Crippen LogP contribution in [0, 0.1) is 4.77 Å². The Balaban J connectivity index is 1.71. The summed E-state index contributed by atoms with van der Waals surface area (Å²) in [5, 5.41) is 9.71. The summed E-state index contributed by atoms with van der Waals surface area (Å²) in [6, 6.07) is 15.7. The van der Waals surface area contributed by atoms with Gasteiger partial charge >= 0.3 is 0 Å².